The summed E-state index contributed by atoms with van der Waals surface area (Å²) in [6.45, 7) is 3.78. The molecular formula is C22H28N3O2S+. The van der Waals surface area contributed by atoms with Gasteiger partial charge in [0.2, 0.25) is 0 Å². The van der Waals surface area contributed by atoms with Crippen molar-refractivity contribution in [2.24, 2.45) is 0 Å². The molecule has 3 rings (SSSR count). The van der Waals surface area contributed by atoms with Crippen molar-refractivity contribution in [2.45, 2.75) is 19.8 Å². The highest BCUT2D eigenvalue weighted by Gasteiger charge is 2.22. The molecule has 0 fully saturated rings. The highest BCUT2D eigenvalue weighted by atomic mass is 32.1. The van der Waals surface area contributed by atoms with Crippen LogP contribution in [-0.4, -0.2) is 45.2 Å². The van der Waals surface area contributed by atoms with Gasteiger partial charge in [-0.25, -0.2) is 4.98 Å². The van der Waals surface area contributed by atoms with Crippen molar-refractivity contribution >= 4 is 32.6 Å². The zero-order chi connectivity index (χ0) is 20.1. The van der Waals surface area contributed by atoms with Crippen LogP contribution in [0.25, 0.3) is 10.2 Å². The maximum atomic E-state index is 13.3. The fraction of sp³-hybridized carbons (Fsp3) is 0.364. The number of rotatable bonds is 8. The van der Waals surface area contributed by atoms with Crippen molar-refractivity contribution < 1.29 is 14.4 Å². The van der Waals surface area contributed by atoms with E-state index in [2.05, 4.69) is 33.2 Å². The predicted octanol–water partition coefficient (Wildman–Crippen LogP) is 3.05. The Balaban J connectivity index is 1.94. The van der Waals surface area contributed by atoms with Crippen LogP contribution in [0.15, 0.2) is 42.5 Å². The summed E-state index contributed by atoms with van der Waals surface area (Å²) >= 11 is 1.58. The molecule has 0 aliphatic carbocycles. The lowest BCUT2D eigenvalue weighted by atomic mass is 10.2. The molecule has 6 heteroatoms. The van der Waals surface area contributed by atoms with Gasteiger partial charge in [-0.15, -0.1) is 0 Å². The minimum Gasteiger partial charge on any atom is -0.497 e. The molecule has 0 saturated heterocycles. The van der Waals surface area contributed by atoms with Gasteiger partial charge < -0.3 is 9.64 Å². The first-order chi connectivity index (χ1) is 13.5. The van der Waals surface area contributed by atoms with Gasteiger partial charge >= 0.3 is 0 Å². The summed E-state index contributed by atoms with van der Waals surface area (Å²) in [6.07, 6.45) is 1.90. The number of quaternary nitrogens is 1. The van der Waals surface area contributed by atoms with Gasteiger partial charge in [0.15, 0.2) is 5.13 Å². The Labute approximate surface area is 170 Å². The quantitative estimate of drug-likeness (QED) is 0.634. The van der Waals surface area contributed by atoms with Crippen LogP contribution in [0.2, 0.25) is 0 Å². The molecule has 0 spiro atoms. The lowest BCUT2D eigenvalue weighted by molar-refractivity contribution is -0.858. The van der Waals surface area contributed by atoms with Crippen LogP contribution >= 0.6 is 11.3 Å². The van der Waals surface area contributed by atoms with Gasteiger partial charge in [-0.05, 0) is 42.3 Å². The number of anilines is 1. The van der Waals surface area contributed by atoms with Crippen LogP contribution < -0.4 is 14.5 Å². The molecule has 1 N–H and O–H groups in total. The average molecular weight is 399 g/mol. The second kappa shape index (κ2) is 9.17. The molecule has 1 aromatic heterocycles. The van der Waals surface area contributed by atoms with E-state index in [4.69, 9.17) is 9.72 Å². The number of hydrogen-bond acceptors (Lipinski definition) is 4. The molecule has 28 heavy (non-hydrogen) atoms. The van der Waals surface area contributed by atoms with Gasteiger partial charge in [0, 0.05) is 18.5 Å². The number of amides is 1. The molecule has 0 bridgehead atoms. The maximum absolute atomic E-state index is 13.3. The second-order valence-electron chi connectivity index (χ2n) is 7.15. The molecule has 148 valence electrons. The van der Waals surface area contributed by atoms with Gasteiger partial charge in [0.25, 0.3) is 5.91 Å². The molecule has 0 aliphatic rings. The molecule has 3 aromatic rings. The maximum Gasteiger partial charge on any atom is 0.260 e. The topological polar surface area (TPSA) is 46.9 Å². The van der Waals surface area contributed by atoms with Gasteiger partial charge in [-0.3, -0.25) is 9.69 Å². The number of carbonyl (C=O) groups excluding carboxylic acids is 1. The molecule has 0 unspecified atom stereocenters. The monoisotopic (exact) mass is 398 g/mol. The van der Waals surface area contributed by atoms with Crippen molar-refractivity contribution in [2.75, 3.05) is 39.2 Å². The minimum absolute atomic E-state index is 0.0394. The van der Waals surface area contributed by atoms with Crippen molar-refractivity contribution in [1.29, 1.82) is 0 Å². The van der Waals surface area contributed by atoms with Crippen LogP contribution in [-0.2, 0) is 6.42 Å². The number of methoxy groups -OCH3 is 1. The molecule has 0 radical (unpaired) electrons. The van der Waals surface area contributed by atoms with E-state index in [1.807, 2.05) is 29.2 Å². The number of hydrogen-bond donors (Lipinski definition) is 1. The Morgan fingerprint density at radius 3 is 2.75 bits per heavy atom. The zero-order valence-corrected chi connectivity index (χ0v) is 17.8. The standard InChI is InChI=1S/C22H27N3O2S/c1-5-16-10-11-19-20(14-16)28-22(23-19)25(13-7-12-24(2)3)21(26)17-8-6-9-18(15-17)27-4/h6,8-11,14-15H,5,7,12-13H2,1-4H3/p+1. The van der Waals surface area contributed by atoms with E-state index in [0.717, 1.165) is 34.7 Å². The predicted molar refractivity (Wildman–Crippen MR) is 116 cm³/mol. The molecule has 0 aliphatic heterocycles. The first-order valence-electron chi connectivity index (χ1n) is 9.66. The number of aryl methyl sites for hydroxylation is 1. The SMILES string of the molecule is CCc1ccc2nc(N(CCC[NH+](C)C)C(=O)c3cccc(OC)c3)sc2c1. The number of ether oxygens (including phenoxy) is 1. The van der Waals surface area contributed by atoms with Crippen molar-refractivity contribution in [3.63, 3.8) is 0 Å². The summed E-state index contributed by atoms with van der Waals surface area (Å²) in [4.78, 5) is 21.3. The van der Waals surface area contributed by atoms with Crippen LogP contribution in [0.1, 0.15) is 29.3 Å². The molecule has 0 saturated carbocycles. The lowest BCUT2D eigenvalue weighted by Gasteiger charge is -2.20. The van der Waals surface area contributed by atoms with E-state index in [1.165, 1.54) is 10.5 Å². The van der Waals surface area contributed by atoms with E-state index >= 15 is 0 Å². The Morgan fingerprint density at radius 1 is 1.21 bits per heavy atom. The minimum atomic E-state index is -0.0394. The third-order valence-corrected chi connectivity index (χ3v) is 5.74. The zero-order valence-electron chi connectivity index (χ0n) is 17.0. The summed E-state index contributed by atoms with van der Waals surface area (Å²) in [5, 5.41) is 0.754. The third kappa shape index (κ3) is 4.69. The van der Waals surface area contributed by atoms with Crippen LogP contribution in [0.3, 0.4) is 0 Å². The summed E-state index contributed by atoms with van der Waals surface area (Å²) in [7, 11) is 5.86. The Hall–Kier alpha value is -2.44. The van der Waals surface area contributed by atoms with Gasteiger partial charge in [-0.2, -0.15) is 0 Å². The smallest absolute Gasteiger partial charge is 0.260 e. The number of thiazole rings is 1. The number of nitrogens with zero attached hydrogens (tertiary/aromatic N) is 2. The van der Waals surface area contributed by atoms with E-state index in [1.54, 1.807) is 24.5 Å². The first kappa shape index (κ1) is 20.3. The van der Waals surface area contributed by atoms with Gasteiger partial charge in [0.1, 0.15) is 5.75 Å². The summed E-state index contributed by atoms with van der Waals surface area (Å²) in [6, 6.07) is 13.6. The van der Waals surface area contributed by atoms with Crippen LogP contribution in [0.4, 0.5) is 5.13 Å². The Morgan fingerprint density at radius 2 is 2.04 bits per heavy atom. The Kier molecular flexibility index (Phi) is 6.65. The first-order valence-corrected chi connectivity index (χ1v) is 10.5. The third-order valence-electron chi connectivity index (χ3n) is 4.70. The van der Waals surface area contributed by atoms with Crippen LogP contribution in [0.5, 0.6) is 5.75 Å². The highest BCUT2D eigenvalue weighted by molar-refractivity contribution is 7.22. The number of aromatic nitrogens is 1. The van der Waals surface area contributed by atoms with Crippen LogP contribution in [0, 0.1) is 0 Å². The second-order valence-corrected chi connectivity index (χ2v) is 8.16. The van der Waals surface area contributed by atoms with Crippen molar-refractivity contribution in [3.05, 3.63) is 53.6 Å². The normalized spacial score (nSPS) is 11.2. The molecular weight excluding hydrogens is 370 g/mol. The van der Waals surface area contributed by atoms with Crippen molar-refractivity contribution in [3.8, 4) is 5.75 Å². The number of benzene rings is 2. The number of nitrogens with one attached hydrogen (secondary N) is 1. The average Bonchev–Trinajstić information content (AvgIpc) is 3.13. The fourth-order valence-corrected chi connectivity index (χ4v) is 4.13. The number of carbonyl (C=O) groups is 1. The highest BCUT2D eigenvalue weighted by Crippen LogP contribution is 2.31. The van der Waals surface area contributed by atoms with Gasteiger partial charge in [0.05, 0.1) is 38.0 Å². The van der Waals surface area contributed by atoms with E-state index < -0.39 is 0 Å². The lowest BCUT2D eigenvalue weighted by Crippen LogP contribution is -3.05. The number of fused-ring (bicyclic) bond motifs is 1. The van der Waals surface area contributed by atoms with Crippen molar-refractivity contribution in [1.82, 2.24) is 4.98 Å². The van der Waals surface area contributed by atoms with E-state index in [9.17, 15) is 4.79 Å². The summed E-state index contributed by atoms with van der Waals surface area (Å²) in [5.41, 5.74) is 2.84. The Bertz CT molecular complexity index is 952. The summed E-state index contributed by atoms with van der Waals surface area (Å²) < 4.78 is 6.41. The van der Waals surface area contributed by atoms with E-state index in [-0.39, 0.29) is 5.91 Å². The largest absolute Gasteiger partial charge is 0.497 e. The molecule has 2 aromatic carbocycles. The van der Waals surface area contributed by atoms with Gasteiger partial charge in [-0.1, -0.05) is 30.4 Å². The molecule has 0 atom stereocenters. The fourth-order valence-electron chi connectivity index (χ4n) is 3.08. The molecule has 5 nitrogen and oxygen atoms in total. The molecule has 1 heterocycles. The molecule has 1 amide bonds. The van der Waals surface area contributed by atoms with E-state index in [0.29, 0.717) is 17.9 Å². The summed E-state index contributed by atoms with van der Waals surface area (Å²) in [5.74, 6) is 0.642.